The summed E-state index contributed by atoms with van der Waals surface area (Å²) in [4.78, 5) is 22.3. The first-order valence-electron chi connectivity index (χ1n) is 6.72. The first-order chi connectivity index (χ1) is 9.40. The molecule has 0 radical (unpaired) electrons. The Morgan fingerprint density at radius 3 is 2.25 bits per heavy atom. The third-order valence-corrected chi connectivity index (χ3v) is 2.91. The maximum absolute atomic E-state index is 11.4. The predicted octanol–water partition coefficient (Wildman–Crippen LogP) is 1.49. The summed E-state index contributed by atoms with van der Waals surface area (Å²) >= 11 is 0. The van der Waals surface area contributed by atoms with Crippen molar-refractivity contribution in [3.8, 4) is 0 Å². The summed E-state index contributed by atoms with van der Waals surface area (Å²) in [5, 5.41) is 14.8. The quantitative estimate of drug-likeness (QED) is 0.706. The van der Waals surface area contributed by atoms with E-state index >= 15 is 0 Å². The third-order valence-electron chi connectivity index (χ3n) is 2.91. The molecule has 0 heterocycles. The molecular formula is C15H22N2O3. The number of amides is 1. The molecule has 0 saturated carbocycles. The fourth-order valence-electron chi connectivity index (χ4n) is 1.76. The number of nitrogens with one attached hydrogen (secondary N) is 2. The van der Waals surface area contributed by atoms with Crippen LogP contribution in [0.25, 0.3) is 0 Å². The van der Waals surface area contributed by atoms with Gasteiger partial charge in [-0.25, -0.2) is 0 Å². The number of carboxylic acid groups (broad SMARTS) is 1. The van der Waals surface area contributed by atoms with Crippen molar-refractivity contribution in [1.29, 1.82) is 0 Å². The standard InChI is InChI=1S/C15H22N2O3/c1-10(2)17-14(18)9-16-8-12-4-6-13(7-5-12)11(3)15(19)20/h4-7,10-11,16H,8-9H2,1-3H3,(H,17,18)(H,19,20). The van der Waals surface area contributed by atoms with Gasteiger partial charge in [-0.3, -0.25) is 9.59 Å². The largest absolute Gasteiger partial charge is 0.481 e. The van der Waals surface area contributed by atoms with Crippen LogP contribution in [0, 0.1) is 0 Å². The van der Waals surface area contributed by atoms with Crippen LogP contribution in [0.15, 0.2) is 24.3 Å². The van der Waals surface area contributed by atoms with Gasteiger partial charge in [0.25, 0.3) is 0 Å². The highest BCUT2D eigenvalue weighted by molar-refractivity contribution is 5.78. The maximum Gasteiger partial charge on any atom is 0.310 e. The molecule has 0 aliphatic rings. The minimum atomic E-state index is -0.832. The highest BCUT2D eigenvalue weighted by Crippen LogP contribution is 2.15. The van der Waals surface area contributed by atoms with Crippen LogP contribution in [-0.2, 0) is 16.1 Å². The molecule has 0 fully saturated rings. The van der Waals surface area contributed by atoms with E-state index in [1.54, 1.807) is 6.92 Å². The molecule has 1 rings (SSSR count). The second kappa shape index (κ2) is 7.65. The Labute approximate surface area is 119 Å². The van der Waals surface area contributed by atoms with Crippen molar-refractivity contribution in [2.75, 3.05) is 6.54 Å². The van der Waals surface area contributed by atoms with Crippen LogP contribution >= 0.6 is 0 Å². The molecule has 110 valence electrons. The van der Waals surface area contributed by atoms with Crippen LogP contribution in [0.4, 0.5) is 0 Å². The molecule has 0 spiro atoms. The second-order valence-corrected chi connectivity index (χ2v) is 5.13. The van der Waals surface area contributed by atoms with E-state index < -0.39 is 11.9 Å². The van der Waals surface area contributed by atoms with Crippen LogP contribution in [0.5, 0.6) is 0 Å². The number of rotatable bonds is 7. The minimum Gasteiger partial charge on any atom is -0.481 e. The molecule has 0 aromatic heterocycles. The average molecular weight is 278 g/mol. The average Bonchev–Trinajstić information content (AvgIpc) is 2.37. The SMILES string of the molecule is CC(C)NC(=O)CNCc1ccc(C(C)C(=O)O)cc1. The lowest BCUT2D eigenvalue weighted by molar-refractivity contribution is -0.138. The molecular weight excluding hydrogens is 256 g/mol. The molecule has 0 aliphatic heterocycles. The lowest BCUT2D eigenvalue weighted by atomic mass is 10.0. The molecule has 1 unspecified atom stereocenters. The lowest BCUT2D eigenvalue weighted by Crippen LogP contribution is -2.37. The van der Waals surface area contributed by atoms with E-state index in [4.69, 9.17) is 5.11 Å². The van der Waals surface area contributed by atoms with Gasteiger partial charge in [0, 0.05) is 12.6 Å². The molecule has 0 bridgehead atoms. The molecule has 1 aromatic carbocycles. The first-order valence-corrected chi connectivity index (χ1v) is 6.72. The number of benzene rings is 1. The minimum absolute atomic E-state index is 0.0314. The lowest BCUT2D eigenvalue weighted by Gasteiger charge is -2.10. The number of carbonyl (C=O) groups excluding carboxylic acids is 1. The second-order valence-electron chi connectivity index (χ2n) is 5.13. The molecule has 1 atom stereocenters. The molecule has 1 aromatic rings. The van der Waals surface area contributed by atoms with Crippen molar-refractivity contribution < 1.29 is 14.7 Å². The third kappa shape index (κ3) is 5.40. The van der Waals surface area contributed by atoms with E-state index in [0.717, 1.165) is 11.1 Å². The van der Waals surface area contributed by atoms with E-state index in [9.17, 15) is 9.59 Å². The summed E-state index contributed by atoms with van der Waals surface area (Å²) in [5.41, 5.74) is 1.79. The predicted molar refractivity (Wildman–Crippen MR) is 77.5 cm³/mol. The van der Waals surface area contributed by atoms with Gasteiger partial charge in [0.1, 0.15) is 0 Å². The molecule has 0 aliphatic carbocycles. The highest BCUT2D eigenvalue weighted by atomic mass is 16.4. The van der Waals surface area contributed by atoms with Gasteiger partial charge in [-0.05, 0) is 31.9 Å². The van der Waals surface area contributed by atoms with E-state index in [1.165, 1.54) is 0 Å². The fourth-order valence-corrected chi connectivity index (χ4v) is 1.76. The molecule has 5 nitrogen and oxygen atoms in total. The number of aliphatic carboxylic acids is 1. The first kappa shape index (κ1) is 16.2. The smallest absolute Gasteiger partial charge is 0.310 e. The van der Waals surface area contributed by atoms with Gasteiger partial charge >= 0.3 is 5.97 Å². The Hall–Kier alpha value is -1.88. The van der Waals surface area contributed by atoms with Crippen molar-refractivity contribution in [3.63, 3.8) is 0 Å². The molecule has 20 heavy (non-hydrogen) atoms. The molecule has 5 heteroatoms. The number of hydrogen-bond acceptors (Lipinski definition) is 3. The summed E-state index contributed by atoms with van der Waals surface area (Å²) in [6.07, 6.45) is 0. The number of carbonyl (C=O) groups is 2. The zero-order chi connectivity index (χ0) is 15.1. The van der Waals surface area contributed by atoms with E-state index in [0.29, 0.717) is 6.54 Å². The Morgan fingerprint density at radius 1 is 1.15 bits per heavy atom. The van der Waals surface area contributed by atoms with E-state index in [2.05, 4.69) is 10.6 Å². The van der Waals surface area contributed by atoms with Gasteiger partial charge in [0.2, 0.25) is 5.91 Å². The van der Waals surface area contributed by atoms with E-state index in [1.807, 2.05) is 38.1 Å². The molecule has 3 N–H and O–H groups in total. The van der Waals surface area contributed by atoms with Crippen molar-refractivity contribution in [2.45, 2.75) is 39.3 Å². The number of carboxylic acids is 1. The van der Waals surface area contributed by atoms with Crippen molar-refractivity contribution in [2.24, 2.45) is 0 Å². The van der Waals surface area contributed by atoms with Gasteiger partial charge in [0.05, 0.1) is 12.5 Å². The van der Waals surface area contributed by atoms with Crippen molar-refractivity contribution in [1.82, 2.24) is 10.6 Å². The highest BCUT2D eigenvalue weighted by Gasteiger charge is 2.12. The van der Waals surface area contributed by atoms with Gasteiger partial charge < -0.3 is 15.7 Å². The summed E-state index contributed by atoms with van der Waals surface area (Å²) in [7, 11) is 0. The molecule has 0 saturated heterocycles. The summed E-state index contributed by atoms with van der Waals surface area (Å²) < 4.78 is 0. The van der Waals surface area contributed by atoms with Gasteiger partial charge in [0.15, 0.2) is 0 Å². The fraction of sp³-hybridized carbons (Fsp3) is 0.467. The van der Waals surface area contributed by atoms with Crippen LogP contribution in [0.1, 0.15) is 37.8 Å². The Bertz CT molecular complexity index is 455. The Morgan fingerprint density at radius 2 is 1.75 bits per heavy atom. The topological polar surface area (TPSA) is 78.4 Å². The van der Waals surface area contributed by atoms with Crippen molar-refractivity contribution in [3.05, 3.63) is 35.4 Å². The van der Waals surface area contributed by atoms with Gasteiger partial charge in [-0.15, -0.1) is 0 Å². The van der Waals surface area contributed by atoms with Crippen LogP contribution in [-0.4, -0.2) is 29.6 Å². The summed E-state index contributed by atoms with van der Waals surface area (Å²) in [6.45, 7) is 6.34. The zero-order valence-corrected chi connectivity index (χ0v) is 12.1. The molecule has 1 amide bonds. The Balaban J connectivity index is 2.42. The van der Waals surface area contributed by atoms with Crippen LogP contribution < -0.4 is 10.6 Å². The summed E-state index contributed by atoms with van der Waals surface area (Å²) in [5.74, 6) is -1.37. The van der Waals surface area contributed by atoms with Crippen LogP contribution in [0.3, 0.4) is 0 Å². The maximum atomic E-state index is 11.4. The van der Waals surface area contributed by atoms with Gasteiger partial charge in [-0.1, -0.05) is 24.3 Å². The monoisotopic (exact) mass is 278 g/mol. The van der Waals surface area contributed by atoms with Crippen molar-refractivity contribution >= 4 is 11.9 Å². The summed E-state index contributed by atoms with van der Waals surface area (Å²) in [6, 6.07) is 7.51. The van der Waals surface area contributed by atoms with Crippen LogP contribution in [0.2, 0.25) is 0 Å². The zero-order valence-electron chi connectivity index (χ0n) is 12.1. The Kier molecular flexibility index (Phi) is 6.18. The van der Waals surface area contributed by atoms with Gasteiger partial charge in [-0.2, -0.15) is 0 Å². The number of hydrogen-bond donors (Lipinski definition) is 3. The normalized spacial score (nSPS) is 12.2. The van der Waals surface area contributed by atoms with E-state index in [-0.39, 0.29) is 18.5 Å².